The molecule has 6 heteroatoms. The van der Waals surface area contributed by atoms with E-state index in [-0.39, 0.29) is 17.9 Å². The van der Waals surface area contributed by atoms with E-state index in [4.69, 9.17) is 5.10 Å². The molecule has 0 bridgehead atoms. The molecular formula is C28H26N4O2. The van der Waals surface area contributed by atoms with Gasteiger partial charge in [0.05, 0.1) is 11.8 Å². The number of aryl methyl sites for hydroxylation is 1. The van der Waals surface area contributed by atoms with Crippen LogP contribution in [0.5, 0.6) is 0 Å². The number of amides is 2. The summed E-state index contributed by atoms with van der Waals surface area (Å²) in [6, 6.07) is 25.5. The molecule has 34 heavy (non-hydrogen) atoms. The van der Waals surface area contributed by atoms with Crippen LogP contribution in [0.1, 0.15) is 52.1 Å². The summed E-state index contributed by atoms with van der Waals surface area (Å²) in [4.78, 5) is 27.1. The van der Waals surface area contributed by atoms with E-state index in [1.54, 1.807) is 11.9 Å². The highest BCUT2D eigenvalue weighted by Crippen LogP contribution is 2.40. The molecule has 2 heterocycles. The molecule has 0 saturated carbocycles. The minimum absolute atomic E-state index is 0.0625. The summed E-state index contributed by atoms with van der Waals surface area (Å²) in [7, 11) is 0. The fourth-order valence-electron chi connectivity index (χ4n) is 5.53. The Bertz CT molecular complexity index is 1300. The van der Waals surface area contributed by atoms with Gasteiger partial charge in [-0.3, -0.25) is 14.6 Å². The first-order valence-corrected chi connectivity index (χ1v) is 11.8. The topological polar surface area (TPSA) is 56.2 Å². The monoisotopic (exact) mass is 450 g/mol. The Morgan fingerprint density at radius 3 is 2.35 bits per heavy atom. The molecule has 6 nitrogen and oxygen atoms in total. The highest BCUT2D eigenvalue weighted by molar-refractivity contribution is 6.09. The zero-order valence-corrected chi connectivity index (χ0v) is 19.1. The first kappa shape index (κ1) is 20.8. The first-order valence-electron chi connectivity index (χ1n) is 11.8. The summed E-state index contributed by atoms with van der Waals surface area (Å²) in [5, 5.41) is 10.6. The largest absolute Gasteiger partial charge is 0.273 e. The van der Waals surface area contributed by atoms with Gasteiger partial charge in [-0.05, 0) is 48.1 Å². The number of hydrazine groups is 1. The molecule has 1 aliphatic carbocycles. The van der Waals surface area contributed by atoms with Crippen molar-refractivity contribution in [3.05, 3.63) is 107 Å². The third kappa shape index (κ3) is 3.25. The molecule has 2 atom stereocenters. The third-order valence-corrected chi connectivity index (χ3v) is 7.09. The summed E-state index contributed by atoms with van der Waals surface area (Å²) in [5.41, 5.74) is 5.85. The Kier molecular flexibility index (Phi) is 5.03. The van der Waals surface area contributed by atoms with Gasteiger partial charge < -0.3 is 0 Å². The summed E-state index contributed by atoms with van der Waals surface area (Å²) in [6.45, 7) is 2.18. The second-order valence-corrected chi connectivity index (χ2v) is 9.06. The van der Waals surface area contributed by atoms with Crippen molar-refractivity contribution in [1.82, 2.24) is 15.0 Å². The van der Waals surface area contributed by atoms with E-state index in [9.17, 15) is 9.59 Å². The molecule has 3 aromatic rings. The van der Waals surface area contributed by atoms with E-state index in [0.29, 0.717) is 12.1 Å². The average molecular weight is 451 g/mol. The van der Waals surface area contributed by atoms with Crippen LogP contribution in [0.2, 0.25) is 0 Å². The fraction of sp³-hybridized carbons (Fsp3) is 0.250. The number of rotatable bonds is 1. The maximum Gasteiger partial charge on any atom is 0.268 e. The number of carbonyl (C=O) groups is 2. The first-order chi connectivity index (χ1) is 16.6. The fourth-order valence-corrected chi connectivity index (χ4v) is 5.53. The molecule has 0 saturated heterocycles. The minimum atomic E-state index is -0.472. The van der Waals surface area contributed by atoms with Gasteiger partial charge >= 0.3 is 0 Å². The standard InChI is InChI=1S/C28H26N4O2/c1-19(33)31-27-24-14-8-6-10-21(24)17-18-30(27)32(28(34)22-11-3-2-4-12-22)25-16-15-20-9-5-7-13-23(20)26(25)29-31/h2-14,25,27H,15-18H2,1H3/t25-,27-/m0/s1. The van der Waals surface area contributed by atoms with Crippen molar-refractivity contribution in [2.75, 3.05) is 6.54 Å². The van der Waals surface area contributed by atoms with Crippen LogP contribution in [-0.4, -0.2) is 45.1 Å². The lowest BCUT2D eigenvalue weighted by Gasteiger charge is -2.46. The van der Waals surface area contributed by atoms with E-state index in [0.717, 1.165) is 36.1 Å². The normalized spacial score (nSPS) is 21.4. The molecule has 170 valence electrons. The van der Waals surface area contributed by atoms with E-state index in [1.807, 2.05) is 59.6 Å². The quantitative estimate of drug-likeness (QED) is 0.559. The van der Waals surface area contributed by atoms with E-state index in [1.165, 1.54) is 11.1 Å². The van der Waals surface area contributed by atoms with Crippen molar-refractivity contribution in [3.8, 4) is 0 Å². The van der Waals surface area contributed by atoms with Gasteiger partial charge in [0.25, 0.3) is 5.91 Å². The van der Waals surface area contributed by atoms with E-state index >= 15 is 0 Å². The van der Waals surface area contributed by atoms with Crippen LogP contribution in [0, 0.1) is 0 Å². The number of fused-ring (bicyclic) bond motifs is 6. The average Bonchev–Trinajstić information content (AvgIpc) is 3.04. The van der Waals surface area contributed by atoms with Gasteiger partial charge in [-0.2, -0.15) is 10.1 Å². The van der Waals surface area contributed by atoms with Crippen molar-refractivity contribution in [2.45, 2.75) is 38.4 Å². The number of benzene rings is 3. The van der Waals surface area contributed by atoms with Crippen molar-refractivity contribution in [3.63, 3.8) is 0 Å². The molecule has 3 aliphatic rings. The third-order valence-electron chi connectivity index (χ3n) is 7.09. The molecule has 0 unspecified atom stereocenters. The van der Waals surface area contributed by atoms with E-state index in [2.05, 4.69) is 29.3 Å². The van der Waals surface area contributed by atoms with Gasteiger partial charge in [0.1, 0.15) is 0 Å². The van der Waals surface area contributed by atoms with Crippen LogP contribution >= 0.6 is 0 Å². The molecule has 0 spiro atoms. The van der Waals surface area contributed by atoms with Gasteiger partial charge in [-0.15, -0.1) is 0 Å². The summed E-state index contributed by atoms with van der Waals surface area (Å²) in [6.07, 6.45) is 1.94. The van der Waals surface area contributed by atoms with Crippen molar-refractivity contribution in [2.24, 2.45) is 5.10 Å². The zero-order valence-electron chi connectivity index (χ0n) is 19.1. The van der Waals surface area contributed by atoms with Crippen LogP contribution in [0.3, 0.4) is 0 Å². The zero-order chi connectivity index (χ0) is 23.2. The molecule has 2 amide bonds. The van der Waals surface area contributed by atoms with Crippen molar-refractivity contribution in [1.29, 1.82) is 0 Å². The maximum absolute atomic E-state index is 14.1. The molecular weight excluding hydrogens is 424 g/mol. The van der Waals surface area contributed by atoms with Gasteiger partial charge in [0, 0.05) is 24.6 Å². The molecule has 0 aromatic heterocycles. The summed E-state index contributed by atoms with van der Waals surface area (Å²) >= 11 is 0. The van der Waals surface area contributed by atoms with Gasteiger partial charge in [0.2, 0.25) is 5.91 Å². The number of hydrogen-bond donors (Lipinski definition) is 0. The molecule has 0 fully saturated rings. The number of hydrazone groups is 1. The lowest BCUT2D eigenvalue weighted by Crippen LogP contribution is -2.58. The van der Waals surface area contributed by atoms with Crippen LogP contribution in [0.15, 0.2) is 84.0 Å². The molecule has 6 rings (SSSR count). The molecule has 0 radical (unpaired) electrons. The maximum atomic E-state index is 14.1. The van der Waals surface area contributed by atoms with Crippen LogP contribution in [-0.2, 0) is 17.6 Å². The second kappa shape index (κ2) is 8.22. The Balaban J connectivity index is 1.58. The van der Waals surface area contributed by atoms with Gasteiger partial charge in [-0.1, -0.05) is 66.7 Å². The Morgan fingerprint density at radius 1 is 0.853 bits per heavy atom. The summed E-state index contributed by atoms with van der Waals surface area (Å²) in [5.74, 6) is -0.206. The van der Waals surface area contributed by atoms with Crippen molar-refractivity contribution >= 4 is 17.5 Å². The summed E-state index contributed by atoms with van der Waals surface area (Å²) < 4.78 is 0. The van der Waals surface area contributed by atoms with Crippen LogP contribution in [0.25, 0.3) is 0 Å². The molecule has 2 aliphatic heterocycles. The van der Waals surface area contributed by atoms with E-state index < -0.39 is 6.17 Å². The number of carbonyl (C=O) groups excluding carboxylic acids is 2. The lowest BCUT2D eigenvalue weighted by atomic mass is 9.86. The Labute approximate surface area is 199 Å². The smallest absolute Gasteiger partial charge is 0.268 e. The molecule has 0 N–H and O–H groups in total. The second-order valence-electron chi connectivity index (χ2n) is 9.06. The number of hydrogen-bond acceptors (Lipinski definition) is 4. The Morgan fingerprint density at radius 2 is 1.56 bits per heavy atom. The predicted octanol–water partition coefficient (Wildman–Crippen LogP) is 4.18. The van der Waals surface area contributed by atoms with Gasteiger partial charge in [0.15, 0.2) is 6.17 Å². The van der Waals surface area contributed by atoms with Crippen molar-refractivity contribution < 1.29 is 9.59 Å². The predicted molar refractivity (Wildman–Crippen MR) is 130 cm³/mol. The molecule has 3 aromatic carbocycles. The van der Waals surface area contributed by atoms with Crippen LogP contribution in [0.4, 0.5) is 0 Å². The lowest BCUT2D eigenvalue weighted by molar-refractivity contribution is -0.147. The Hall–Kier alpha value is -3.77. The van der Waals surface area contributed by atoms with Gasteiger partial charge in [-0.25, -0.2) is 5.01 Å². The highest BCUT2D eigenvalue weighted by atomic mass is 16.2. The van der Waals surface area contributed by atoms with Crippen LogP contribution < -0.4 is 0 Å². The SMILES string of the molecule is CC(=O)N1N=C2c3ccccc3CC[C@@H]2N(C(=O)c2ccccc2)N2CCc3ccccc3[C@H]12. The highest BCUT2D eigenvalue weighted by Gasteiger charge is 2.47. The number of nitrogens with zero attached hydrogens (tertiary/aromatic N) is 4. The minimum Gasteiger partial charge on any atom is -0.273 e.